The fourth-order valence-electron chi connectivity index (χ4n) is 3.42. The normalized spacial score (nSPS) is 15.3. The van der Waals surface area contributed by atoms with Crippen LogP contribution >= 0.6 is 11.3 Å². The van der Waals surface area contributed by atoms with Crippen molar-refractivity contribution >= 4 is 27.9 Å². The van der Waals surface area contributed by atoms with E-state index < -0.39 is 0 Å². The predicted molar refractivity (Wildman–Crippen MR) is 115 cm³/mol. The fourth-order valence-corrected chi connectivity index (χ4v) is 4.14. The van der Waals surface area contributed by atoms with Crippen molar-refractivity contribution in [3.63, 3.8) is 0 Å². The second-order valence-corrected chi connectivity index (χ2v) is 7.54. The second kappa shape index (κ2) is 8.52. The summed E-state index contributed by atoms with van der Waals surface area (Å²) in [5.41, 5.74) is 2.20. The van der Waals surface area contributed by atoms with Crippen LogP contribution in [0, 0.1) is 0 Å². The molecule has 4 rings (SSSR count). The second-order valence-electron chi connectivity index (χ2n) is 6.67. The van der Waals surface area contributed by atoms with Gasteiger partial charge in [0.2, 0.25) is 0 Å². The summed E-state index contributed by atoms with van der Waals surface area (Å²) in [5, 5.41) is 5.47. The maximum Gasteiger partial charge on any atom is 0.194 e. The molecule has 2 aromatic heterocycles. The van der Waals surface area contributed by atoms with Gasteiger partial charge in [-0.05, 0) is 19.1 Å². The molecule has 1 aromatic carbocycles. The van der Waals surface area contributed by atoms with E-state index in [2.05, 4.69) is 49.8 Å². The van der Waals surface area contributed by atoms with E-state index in [4.69, 9.17) is 9.73 Å². The minimum Gasteiger partial charge on any atom is -0.497 e. The molecule has 1 N–H and O–H groups in total. The first-order valence-corrected chi connectivity index (χ1v) is 10.5. The number of benzene rings is 1. The van der Waals surface area contributed by atoms with Gasteiger partial charge in [0.25, 0.3) is 0 Å². The van der Waals surface area contributed by atoms with Gasteiger partial charge in [0.1, 0.15) is 5.75 Å². The summed E-state index contributed by atoms with van der Waals surface area (Å²) in [7, 11) is 1.71. The van der Waals surface area contributed by atoms with E-state index in [0.29, 0.717) is 6.54 Å². The molecule has 0 unspecified atom stereocenters. The van der Waals surface area contributed by atoms with Crippen molar-refractivity contribution in [3.05, 3.63) is 47.7 Å². The molecule has 0 amide bonds. The Balaban J connectivity index is 1.40. The van der Waals surface area contributed by atoms with Crippen LogP contribution in [0.5, 0.6) is 5.75 Å². The summed E-state index contributed by atoms with van der Waals surface area (Å²) in [6.07, 6.45) is 4.09. The van der Waals surface area contributed by atoms with Gasteiger partial charge in [0.15, 0.2) is 10.9 Å². The number of aromatic nitrogens is 2. The number of imidazole rings is 1. The van der Waals surface area contributed by atoms with E-state index in [0.717, 1.165) is 55.1 Å². The third kappa shape index (κ3) is 4.06. The quantitative estimate of drug-likeness (QED) is 0.529. The van der Waals surface area contributed by atoms with Crippen molar-refractivity contribution in [3.8, 4) is 5.75 Å². The number of methoxy groups -OCH3 is 1. The molecule has 1 aliphatic heterocycles. The van der Waals surface area contributed by atoms with Crippen molar-refractivity contribution in [1.29, 1.82) is 0 Å². The van der Waals surface area contributed by atoms with Gasteiger partial charge in [0.05, 0.1) is 19.3 Å². The van der Waals surface area contributed by atoms with Crippen LogP contribution in [-0.2, 0) is 6.54 Å². The Hall–Kier alpha value is -2.74. The molecule has 0 atom stereocenters. The average molecular weight is 399 g/mol. The van der Waals surface area contributed by atoms with E-state index in [9.17, 15) is 0 Å². The van der Waals surface area contributed by atoms with Crippen molar-refractivity contribution in [2.24, 2.45) is 4.99 Å². The number of guanidine groups is 1. The molecule has 28 heavy (non-hydrogen) atoms. The first-order valence-electron chi connectivity index (χ1n) is 9.60. The Labute approximate surface area is 169 Å². The summed E-state index contributed by atoms with van der Waals surface area (Å²) >= 11 is 1.64. The maximum absolute atomic E-state index is 5.35. The van der Waals surface area contributed by atoms with E-state index >= 15 is 0 Å². The van der Waals surface area contributed by atoms with Gasteiger partial charge in [-0.2, -0.15) is 0 Å². The monoisotopic (exact) mass is 398 g/mol. The molecule has 0 bridgehead atoms. The van der Waals surface area contributed by atoms with Crippen LogP contribution in [-0.4, -0.2) is 60.1 Å². The number of ether oxygens (including phenoxy) is 1. The lowest BCUT2D eigenvalue weighted by molar-refractivity contribution is 0.372. The number of nitrogens with one attached hydrogen (secondary N) is 1. The van der Waals surface area contributed by atoms with Crippen LogP contribution in [0.25, 0.3) is 4.96 Å². The van der Waals surface area contributed by atoms with Gasteiger partial charge >= 0.3 is 0 Å². The Morgan fingerprint density at radius 1 is 1.29 bits per heavy atom. The number of hydrogen-bond donors (Lipinski definition) is 1. The minimum absolute atomic E-state index is 0.590. The van der Waals surface area contributed by atoms with Gasteiger partial charge in [-0.1, -0.05) is 6.07 Å². The highest BCUT2D eigenvalue weighted by molar-refractivity contribution is 7.15. The lowest BCUT2D eigenvalue weighted by atomic mass is 10.2. The highest BCUT2D eigenvalue weighted by Gasteiger charge is 2.20. The van der Waals surface area contributed by atoms with Crippen molar-refractivity contribution in [1.82, 2.24) is 19.6 Å². The van der Waals surface area contributed by atoms with Crippen LogP contribution in [0.4, 0.5) is 5.69 Å². The molecule has 148 valence electrons. The maximum atomic E-state index is 5.35. The van der Waals surface area contributed by atoms with E-state index in [1.165, 1.54) is 5.69 Å². The highest BCUT2D eigenvalue weighted by atomic mass is 32.1. The Bertz CT molecular complexity index is 912. The Morgan fingerprint density at radius 3 is 2.89 bits per heavy atom. The third-order valence-corrected chi connectivity index (χ3v) is 5.64. The summed E-state index contributed by atoms with van der Waals surface area (Å²) in [4.78, 5) is 15.2. The number of piperazine rings is 1. The smallest absolute Gasteiger partial charge is 0.194 e. The Morgan fingerprint density at radius 2 is 2.14 bits per heavy atom. The number of anilines is 1. The number of fused-ring (bicyclic) bond motifs is 1. The summed E-state index contributed by atoms with van der Waals surface area (Å²) in [5.74, 6) is 1.86. The van der Waals surface area contributed by atoms with Crippen LogP contribution in [0.2, 0.25) is 0 Å². The van der Waals surface area contributed by atoms with E-state index in [1.54, 1.807) is 18.4 Å². The summed E-state index contributed by atoms with van der Waals surface area (Å²) < 4.78 is 7.40. The zero-order valence-corrected chi connectivity index (χ0v) is 17.2. The van der Waals surface area contributed by atoms with Gasteiger partial charge in [-0.25, -0.2) is 9.98 Å². The number of rotatable bonds is 5. The van der Waals surface area contributed by atoms with Crippen molar-refractivity contribution in [2.75, 3.05) is 44.7 Å². The van der Waals surface area contributed by atoms with Crippen molar-refractivity contribution < 1.29 is 4.74 Å². The van der Waals surface area contributed by atoms with Gasteiger partial charge < -0.3 is 19.9 Å². The highest BCUT2D eigenvalue weighted by Crippen LogP contribution is 2.22. The van der Waals surface area contributed by atoms with Gasteiger partial charge in [-0.15, -0.1) is 11.3 Å². The number of nitrogens with zero attached hydrogens (tertiary/aromatic N) is 5. The summed E-state index contributed by atoms with van der Waals surface area (Å²) in [6.45, 7) is 7.33. The molecule has 1 fully saturated rings. The van der Waals surface area contributed by atoms with Gasteiger partial charge in [0, 0.05) is 62.3 Å². The average Bonchev–Trinajstić information content (AvgIpc) is 3.33. The van der Waals surface area contributed by atoms with Crippen LogP contribution < -0.4 is 15.0 Å². The van der Waals surface area contributed by atoms with Crippen molar-refractivity contribution in [2.45, 2.75) is 13.5 Å². The van der Waals surface area contributed by atoms with Crippen LogP contribution in [0.3, 0.4) is 0 Å². The molecular formula is C20H26N6OS. The topological polar surface area (TPSA) is 57.4 Å². The lowest BCUT2D eigenvalue weighted by Gasteiger charge is -2.37. The molecule has 7 nitrogen and oxygen atoms in total. The molecule has 0 saturated carbocycles. The van der Waals surface area contributed by atoms with E-state index in [-0.39, 0.29) is 0 Å². The fraction of sp³-hybridized carbons (Fsp3) is 0.400. The first kappa shape index (κ1) is 18.6. The minimum atomic E-state index is 0.590. The van der Waals surface area contributed by atoms with E-state index in [1.807, 2.05) is 23.7 Å². The molecule has 3 heterocycles. The lowest BCUT2D eigenvalue weighted by Crippen LogP contribution is -2.52. The molecule has 0 radical (unpaired) electrons. The zero-order valence-electron chi connectivity index (χ0n) is 16.3. The molecule has 1 saturated heterocycles. The first-order chi connectivity index (χ1) is 13.8. The zero-order chi connectivity index (χ0) is 19.3. The Kier molecular flexibility index (Phi) is 5.66. The number of thiazole rings is 1. The van der Waals surface area contributed by atoms with Crippen LogP contribution in [0.15, 0.2) is 47.0 Å². The standard InChI is InChI=1S/C20H26N6OS/c1-3-21-19(22-14-16-15-26-11-12-28-20(26)23-16)25-9-7-24(8-10-25)17-5-4-6-18(13-17)27-2/h4-6,11-13,15H,3,7-10,14H2,1-2H3,(H,21,22). The molecule has 3 aromatic rings. The van der Waals surface area contributed by atoms with Gasteiger partial charge in [-0.3, -0.25) is 4.40 Å². The third-order valence-electron chi connectivity index (χ3n) is 4.87. The molecular weight excluding hydrogens is 372 g/mol. The number of aliphatic imine (C=N–C) groups is 1. The largest absolute Gasteiger partial charge is 0.497 e. The number of hydrogen-bond acceptors (Lipinski definition) is 5. The SMILES string of the molecule is CCNC(=NCc1cn2ccsc2n1)N1CCN(c2cccc(OC)c2)CC1. The molecule has 0 aliphatic carbocycles. The van der Waals surface area contributed by atoms with Crippen LogP contribution in [0.1, 0.15) is 12.6 Å². The molecule has 8 heteroatoms. The molecule has 1 aliphatic rings. The predicted octanol–water partition coefficient (Wildman–Crippen LogP) is 2.69. The molecule has 0 spiro atoms. The summed E-state index contributed by atoms with van der Waals surface area (Å²) in [6, 6.07) is 8.26.